The van der Waals surface area contributed by atoms with E-state index in [1.165, 1.54) is 6.07 Å². The molecule has 0 atom stereocenters. The summed E-state index contributed by atoms with van der Waals surface area (Å²) in [7, 11) is 0. The summed E-state index contributed by atoms with van der Waals surface area (Å²) < 4.78 is 27.8. The van der Waals surface area contributed by atoms with Crippen LogP contribution in [0.5, 0.6) is 0 Å². The molecule has 0 aliphatic heterocycles. The van der Waals surface area contributed by atoms with Gasteiger partial charge < -0.3 is 0 Å². The summed E-state index contributed by atoms with van der Waals surface area (Å²) in [6.07, 6.45) is 2.37. The molecule has 0 unspecified atom stereocenters. The van der Waals surface area contributed by atoms with E-state index in [4.69, 9.17) is 0 Å². The molecule has 19 heavy (non-hydrogen) atoms. The van der Waals surface area contributed by atoms with Gasteiger partial charge in [0.1, 0.15) is 0 Å². The summed E-state index contributed by atoms with van der Waals surface area (Å²) >= 11 is 0. The lowest BCUT2D eigenvalue weighted by Gasteiger charge is -2.06. The van der Waals surface area contributed by atoms with Gasteiger partial charge in [-0.05, 0) is 24.6 Å². The van der Waals surface area contributed by atoms with E-state index in [-0.39, 0.29) is 5.69 Å². The van der Waals surface area contributed by atoms with Gasteiger partial charge in [0.15, 0.2) is 23.6 Å². The van der Waals surface area contributed by atoms with Crippen LogP contribution in [0.2, 0.25) is 0 Å². The zero-order chi connectivity index (χ0) is 13.8. The second-order valence-electron chi connectivity index (χ2n) is 4.15. The minimum absolute atomic E-state index is 0.127. The van der Waals surface area contributed by atoms with Crippen LogP contribution < -0.4 is 0 Å². The van der Waals surface area contributed by atoms with Crippen LogP contribution in [0, 0.1) is 11.6 Å². The van der Waals surface area contributed by atoms with Gasteiger partial charge in [0.25, 0.3) is 0 Å². The minimum Gasteiger partial charge on any atom is -0.296 e. The van der Waals surface area contributed by atoms with Crippen molar-refractivity contribution in [3.05, 3.63) is 35.5 Å². The Balaban J connectivity index is 2.48. The fourth-order valence-electron chi connectivity index (χ4n) is 1.81. The molecule has 0 amide bonds. The highest BCUT2D eigenvalue weighted by molar-refractivity contribution is 5.83. The number of carbonyl (C=O) groups is 1. The van der Waals surface area contributed by atoms with Crippen molar-refractivity contribution in [2.45, 2.75) is 26.3 Å². The van der Waals surface area contributed by atoms with E-state index in [9.17, 15) is 13.6 Å². The summed E-state index contributed by atoms with van der Waals surface area (Å²) in [6.45, 7) is 2.60. The maximum atomic E-state index is 13.3. The van der Waals surface area contributed by atoms with Crippen LogP contribution in [-0.4, -0.2) is 21.3 Å². The number of aryl methyl sites for hydroxylation is 1. The van der Waals surface area contributed by atoms with Gasteiger partial charge in [-0.2, -0.15) is 0 Å². The molecule has 0 aliphatic rings. The van der Waals surface area contributed by atoms with Crippen molar-refractivity contribution < 1.29 is 13.6 Å². The normalized spacial score (nSPS) is 10.7. The Kier molecular flexibility index (Phi) is 3.99. The summed E-state index contributed by atoms with van der Waals surface area (Å²) in [5.74, 6) is -1.89. The first-order valence-electron chi connectivity index (χ1n) is 6.01. The van der Waals surface area contributed by atoms with Gasteiger partial charge in [-0.1, -0.05) is 18.6 Å². The van der Waals surface area contributed by atoms with E-state index in [2.05, 4.69) is 10.3 Å². The van der Waals surface area contributed by atoms with Crippen LogP contribution >= 0.6 is 0 Å². The van der Waals surface area contributed by atoms with Crippen molar-refractivity contribution >= 4 is 6.29 Å². The Morgan fingerprint density at radius 3 is 2.74 bits per heavy atom. The van der Waals surface area contributed by atoms with E-state index in [0.29, 0.717) is 24.1 Å². The molecule has 2 aromatic rings. The lowest BCUT2D eigenvalue weighted by molar-refractivity contribution is 0.111. The van der Waals surface area contributed by atoms with Gasteiger partial charge in [0.05, 0.1) is 5.69 Å². The molecule has 1 aromatic carbocycles. The van der Waals surface area contributed by atoms with Crippen LogP contribution in [0.4, 0.5) is 8.78 Å². The highest BCUT2D eigenvalue weighted by atomic mass is 19.2. The number of benzene rings is 1. The predicted molar refractivity (Wildman–Crippen MR) is 65.7 cm³/mol. The molecule has 0 N–H and O–H groups in total. The fourth-order valence-corrected chi connectivity index (χ4v) is 1.81. The van der Waals surface area contributed by atoms with E-state index in [1.807, 2.05) is 6.92 Å². The van der Waals surface area contributed by atoms with Crippen LogP contribution in [0.25, 0.3) is 11.3 Å². The average Bonchev–Trinajstić information content (AvgIpc) is 2.82. The number of hydrogen-bond donors (Lipinski definition) is 0. The topological polar surface area (TPSA) is 47.8 Å². The van der Waals surface area contributed by atoms with Crippen molar-refractivity contribution in [1.29, 1.82) is 0 Å². The van der Waals surface area contributed by atoms with Crippen molar-refractivity contribution in [1.82, 2.24) is 15.0 Å². The summed E-state index contributed by atoms with van der Waals surface area (Å²) in [4.78, 5) is 11.0. The van der Waals surface area contributed by atoms with E-state index in [1.54, 1.807) is 4.68 Å². The molecule has 0 saturated heterocycles. The zero-order valence-corrected chi connectivity index (χ0v) is 10.4. The Labute approximate surface area is 109 Å². The Morgan fingerprint density at radius 2 is 2.11 bits per heavy atom. The molecule has 100 valence electrons. The monoisotopic (exact) mass is 265 g/mol. The SMILES string of the molecule is CCCCn1nnc(C=O)c1-c1ccc(F)c(F)c1. The minimum atomic E-state index is -0.961. The van der Waals surface area contributed by atoms with Gasteiger partial charge in [0.2, 0.25) is 0 Å². The van der Waals surface area contributed by atoms with Gasteiger partial charge >= 0.3 is 0 Å². The van der Waals surface area contributed by atoms with E-state index < -0.39 is 11.6 Å². The molecule has 4 nitrogen and oxygen atoms in total. The number of nitrogens with zero attached hydrogens (tertiary/aromatic N) is 3. The maximum absolute atomic E-state index is 13.3. The number of hydrogen-bond acceptors (Lipinski definition) is 3. The third-order valence-electron chi connectivity index (χ3n) is 2.79. The molecule has 0 spiro atoms. The number of aromatic nitrogens is 3. The second-order valence-corrected chi connectivity index (χ2v) is 4.15. The maximum Gasteiger partial charge on any atom is 0.172 e. The predicted octanol–water partition coefficient (Wildman–Crippen LogP) is 2.84. The van der Waals surface area contributed by atoms with E-state index in [0.717, 1.165) is 25.0 Å². The molecular weight excluding hydrogens is 252 g/mol. The van der Waals surface area contributed by atoms with Crippen molar-refractivity contribution in [3.8, 4) is 11.3 Å². The largest absolute Gasteiger partial charge is 0.296 e. The molecule has 0 aliphatic carbocycles. The Bertz CT molecular complexity index is 596. The lowest BCUT2D eigenvalue weighted by Crippen LogP contribution is -2.03. The standard InChI is InChI=1S/C13H13F2N3O/c1-2-3-6-18-13(12(8-19)16-17-18)9-4-5-10(14)11(15)7-9/h4-5,7-8H,2-3,6H2,1H3. The fraction of sp³-hybridized carbons (Fsp3) is 0.308. The van der Waals surface area contributed by atoms with Gasteiger partial charge in [-0.25, -0.2) is 13.5 Å². The molecule has 2 rings (SSSR count). The molecule has 0 radical (unpaired) electrons. The summed E-state index contributed by atoms with van der Waals surface area (Å²) in [5, 5.41) is 7.62. The third kappa shape index (κ3) is 2.67. The number of aldehydes is 1. The molecule has 6 heteroatoms. The number of carbonyl (C=O) groups excluding carboxylic acids is 1. The molecule has 0 bridgehead atoms. The van der Waals surface area contributed by atoms with Crippen molar-refractivity contribution in [2.75, 3.05) is 0 Å². The number of rotatable bonds is 5. The molecule has 0 saturated carbocycles. The van der Waals surface area contributed by atoms with E-state index >= 15 is 0 Å². The van der Waals surface area contributed by atoms with Crippen LogP contribution in [0.15, 0.2) is 18.2 Å². The van der Waals surface area contributed by atoms with Gasteiger partial charge in [0, 0.05) is 12.1 Å². The summed E-state index contributed by atoms with van der Waals surface area (Å²) in [5.41, 5.74) is 0.937. The smallest absolute Gasteiger partial charge is 0.172 e. The Hall–Kier alpha value is -2.11. The quantitative estimate of drug-likeness (QED) is 0.781. The summed E-state index contributed by atoms with van der Waals surface area (Å²) in [6, 6.07) is 3.48. The Morgan fingerprint density at radius 1 is 1.32 bits per heavy atom. The average molecular weight is 265 g/mol. The van der Waals surface area contributed by atoms with Crippen LogP contribution in [0.1, 0.15) is 30.3 Å². The van der Waals surface area contributed by atoms with Crippen molar-refractivity contribution in [3.63, 3.8) is 0 Å². The zero-order valence-electron chi connectivity index (χ0n) is 10.4. The van der Waals surface area contributed by atoms with Gasteiger partial charge in [-0.3, -0.25) is 4.79 Å². The number of unbranched alkanes of at least 4 members (excludes halogenated alkanes) is 1. The first-order chi connectivity index (χ1) is 9.17. The number of halogens is 2. The molecular formula is C13H13F2N3O. The highest BCUT2D eigenvalue weighted by Gasteiger charge is 2.15. The van der Waals surface area contributed by atoms with Crippen LogP contribution in [-0.2, 0) is 6.54 Å². The first kappa shape index (κ1) is 13.3. The van der Waals surface area contributed by atoms with Gasteiger partial charge in [-0.15, -0.1) is 5.10 Å². The molecule has 1 aromatic heterocycles. The second kappa shape index (κ2) is 5.69. The van der Waals surface area contributed by atoms with Crippen LogP contribution in [0.3, 0.4) is 0 Å². The molecule has 0 fully saturated rings. The first-order valence-corrected chi connectivity index (χ1v) is 6.01. The highest BCUT2D eigenvalue weighted by Crippen LogP contribution is 2.23. The lowest BCUT2D eigenvalue weighted by atomic mass is 10.1. The molecule has 1 heterocycles. The van der Waals surface area contributed by atoms with Crippen molar-refractivity contribution in [2.24, 2.45) is 0 Å². The third-order valence-corrected chi connectivity index (χ3v) is 2.79.